The van der Waals surface area contributed by atoms with Crippen molar-refractivity contribution in [1.82, 2.24) is 15.1 Å². The number of anilines is 1. The number of carbonyl (C=O) groups is 1. The Labute approximate surface area is 99.2 Å². The number of rotatable bonds is 5. The number of aliphatic hydroxyl groups excluding tert-OH is 2. The maximum atomic E-state index is 11.5. The van der Waals surface area contributed by atoms with Gasteiger partial charge >= 0.3 is 0 Å². The van der Waals surface area contributed by atoms with Gasteiger partial charge in [0.25, 0.3) is 0 Å². The van der Waals surface area contributed by atoms with Gasteiger partial charge in [0.2, 0.25) is 5.91 Å². The Bertz CT molecular complexity index is 403. The van der Waals surface area contributed by atoms with Crippen molar-refractivity contribution in [2.24, 2.45) is 0 Å². The number of hydrogen-bond donors (Lipinski definition) is 4. The van der Waals surface area contributed by atoms with Gasteiger partial charge in [-0.05, 0) is 13.8 Å². The Morgan fingerprint density at radius 2 is 2.24 bits per heavy atom. The lowest BCUT2D eigenvalue weighted by Gasteiger charge is -2.09. The Hall–Kier alpha value is -1.60. The summed E-state index contributed by atoms with van der Waals surface area (Å²) in [5.41, 5.74) is 7.73. The average molecular weight is 242 g/mol. The SMILES string of the molecule is Cc1nn(CC(=O)NCC(O)CO)c(C)c1N. The third kappa shape index (κ3) is 3.43. The maximum absolute atomic E-state index is 11.5. The molecule has 1 atom stereocenters. The number of nitrogens with zero attached hydrogens (tertiary/aromatic N) is 2. The topological polar surface area (TPSA) is 113 Å². The number of nitrogens with two attached hydrogens (primary N) is 1. The molecular formula is C10H18N4O3. The number of nitrogens with one attached hydrogen (secondary N) is 1. The highest BCUT2D eigenvalue weighted by atomic mass is 16.3. The number of aromatic nitrogens is 2. The smallest absolute Gasteiger partial charge is 0.241 e. The van der Waals surface area contributed by atoms with E-state index in [0.29, 0.717) is 11.4 Å². The van der Waals surface area contributed by atoms with Crippen molar-refractivity contribution in [2.75, 3.05) is 18.9 Å². The Kier molecular flexibility index (Phi) is 4.47. The normalized spacial score (nSPS) is 12.5. The van der Waals surface area contributed by atoms with E-state index in [4.69, 9.17) is 15.9 Å². The largest absolute Gasteiger partial charge is 0.396 e. The highest BCUT2D eigenvalue weighted by Gasteiger charge is 2.12. The molecule has 0 spiro atoms. The monoisotopic (exact) mass is 242 g/mol. The Morgan fingerprint density at radius 3 is 2.71 bits per heavy atom. The average Bonchev–Trinajstić information content (AvgIpc) is 2.54. The van der Waals surface area contributed by atoms with Gasteiger partial charge in [-0.25, -0.2) is 0 Å². The number of amides is 1. The highest BCUT2D eigenvalue weighted by Crippen LogP contribution is 2.14. The highest BCUT2D eigenvalue weighted by molar-refractivity contribution is 5.75. The standard InChI is InChI=1S/C10H18N4O3/c1-6-10(11)7(2)14(13-6)4-9(17)12-3-8(16)5-15/h8,15-16H,3-5,11H2,1-2H3,(H,12,17). The molecule has 1 heterocycles. The maximum Gasteiger partial charge on any atom is 0.241 e. The number of nitrogen functional groups attached to an aromatic ring is 1. The van der Waals surface area contributed by atoms with E-state index >= 15 is 0 Å². The van der Waals surface area contributed by atoms with E-state index in [0.717, 1.165) is 5.69 Å². The lowest BCUT2D eigenvalue weighted by molar-refractivity contribution is -0.122. The zero-order valence-corrected chi connectivity index (χ0v) is 9.97. The molecule has 0 bridgehead atoms. The summed E-state index contributed by atoms with van der Waals surface area (Å²) in [5, 5.41) is 24.3. The summed E-state index contributed by atoms with van der Waals surface area (Å²) >= 11 is 0. The van der Waals surface area contributed by atoms with Crippen molar-refractivity contribution in [3.05, 3.63) is 11.4 Å². The molecule has 5 N–H and O–H groups in total. The summed E-state index contributed by atoms with van der Waals surface area (Å²) in [6.45, 7) is 3.23. The minimum Gasteiger partial charge on any atom is -0.396 e. The van der Waals surface area contributed by atoms with Crippen molar-refractivity contribution in [3.63, 3.8) is 0 Å². The molecule has 1 aromatic rings. The molecule has 17 heavy (non-hydrogen) atoms. The van der Waals surface area contributed by atoms with Gasteiger partial charge in [-0.3, -0.25) is 9.48 Å². The number of aryl methyl sites for hydroxylation is 1. The third-order valence-electron chi connectivity index (χ3n) is 2.48. The van der Waals surface area contributed by atoms with Gasteiger partial charge in [0, 0.05) is 6.54 Å². The molecule has 0 radical (unpaired) electrons. The van der Waals surface area contributed by atoms with Crippen LogP contribution >= 0.6 is 0 Å². The first-order valence-electron chi connectivity index (χ1n) is 5.30. The summed E-state index contributed by atoms with van der Waals surface area (Å²) < 4.78 is 1.51. The Morgan fingerprint density at radius 1 is 1.59 bits per heavy atom. The minimum absolute atomic E-state index is 0.0180. The van der Waals surface area contributed by atoms with E-state index in [1.54, 1.807) is 13.8 Å². The number of aliphatic hydroxyl groups is 2. The fourth-order valence-corrected chi connectivity index (χ4v) is 1.35. The molecule has 0 aliphatic carbocycles. The van der Waals surface area contributed by atoms with Crippen LogP contribution in [0.4, 0.5) is 5.69 Å². The second-order valence-electron chi connectivity index (χ2n) is 3.88. The molecule has 0 aliphatic heterocycles. The third-order valence-corrected chi connectivity index (χ3v) is 2.48. The van der Waals surface area contributed by atoms with Crippen molar-refractivity contribution in [3.8, 4) is 0 Å². The zero-order valence-electron chi connectivity index (χ0n) is 9.97. The van der Waals surface area contributed by atoms with Crippen LogP contribution in [0, 0.1) is 13.8 Å². The first kappa shape index (κ1) is 13.5. The van der Waals surface area contributed by atoms with E-state index in [1.165, 1.54) is 4.68 Å². The molecule has 0 aliphatic rings. The van der Waals surface area contributed by atoms with Crippen LogP contribution < -0.4 is 11.1 Å². The molecule has 0 saturated heterocycles. The summed E-state index contributed by atoms with van der Waals surface area (Å²) in [6.07, 6.45) is -0.940. The van der Waals surface area contributed by atoms with Gasteiger partial charge in [-0.2, -0.15) is 5.10 Å². The van der Waals surface area contributed by atoms with Gasteiger partial charge in [0.1, 0.15) is 6.54 Å². The van der Waals surface area contributed by atoms with Crippen LogP contribution in [-0.2, 0) is 11.3 Å². The second kappa shape index (κ2) is 5.65. The predicted octanol–water partition coefficient (Wildman–Crippen LogP) is -1.45. The summed E-state index contributed by atoms with van der Waals surface area (Å²) in [4.78, 5) is 11.5. The molecule has 7 nitrogen and oxygen atoms in total. The molecule has 0 saturated carbocycles. The lowest BCUT2D eigenvalue weighted by Crippen LogP contribution is -2.36. The first-order valence-corrected chi connectivity index (χ1v) is 5.30. The molecular weight excluding hydrogens is 224 g/mol. The lowest BCUT2D eigenvalue weighted by atomic mass is 10.3. The zero-order chi connectivity index (χ0) is 13.0. The quantitative estimate of drug-likeness (QED) is 0.504. The van der Waals surface area contributed by atoms with Gasteiger partial charge in [0.05, 0.1) is 29.8 Å². The summed E-state index contributed by atoms with van der Waals surface area (Å²) in [5.74, 6) is -0.289. The van der Waals surface area contributed by atoms with Crippen LogP contribution in [0.25, 0.3) is 0 Å². The van der Waals surface area contributed by atoms with Gasteiger partial charge < -0.3 is 21.3 Å². The van der Waals surface area contributed by atoms with Gasteiger partial charge in [0.15, 0.2) is 0 Å². The van der Waals surface area contributed by atoms with E-state index in [-0.39, 0.29) is 25.6 Å². The molecule has 7 heteroatoms. The van der Waals surface area contributed by atoms with Crippen LogP contribution in [0.2, 0.25) is 0 Å². The summed E-state index contributed by atoms with van der Waals surface area (Å²) in [7, 11) is 0. The molecule has 1 amide bonds. The summed E-state index contributed by atoms with van der Waals surface area (Å²) in [6, 6.07) is 0. The van der Waals surface area contributed by atoms with E-state index < -0.39 is 6.10 Å². The first-order chi connectivity index (χ1) is 7.95. The Balaban J connectivity index is 2.54. The molecule has 1 rings (SSSR count). The van der Waals surface area contributed by atoms with Crippen LogP contribution in [0.1, 0.15) is 11.4 Å². The molecule has 0 fully saturated rings. The molecule has 1 aromatic heterocycles. The van der Waals surface area contributed by atoms with Crippen LogP contribution in [0.15, 0.2) is 0 Å². The van der Waals surface area contributed by atoms with Gasteiger partial charge in [-0.15, -0.1) is 0 Å². The van der Waals surface area contributed by atoms with E-state index in [9.17, 15) is 4.79 Å². The second-order valence-corrected chi connectivity index (χ2v) is 3.88. The number of carbonyl (C=O) groups excluding carboxylic acids is 1. The van der Waals surface area contributed by atoms with E-state index in [2.05, 4.69) is 10.4 Å². The van der Waals surface area contributed by atoms with Crippen LogP contribution in [-0.4, -0.2) is 45.2 Å². The molecule has 96 valence electrons. The molecule has 0 aromatic carbocycles. The fourth-order valence-electron chi connectivity index (χ4n) is 1.35. The predicted molar refractivity (Wildman–Crippen MR) is 62.2 cm³/mol. The fraction of sp³-hybridized carbons (Fsp3) is 0.600. The van der Waals surface area contributed by atoms with Crippen molar-refractivity contribution < 1.29 is 15.0 Å². The van der Waals surface area contributed by atoms with Crippen molar-refractivity contribution >= 4 is 11.6 Å². The van der Waals surface area contributed by atoms with Crippen molar-refractivity contribution in [1.29, 1.82) is 0 Å². The van der Waals surface area contributed by atoms with E-state index in [1.807, 2.05) is 0 Å². The van der Waals surface area contributed by atoms with Crippen LogP contribution in [0.5, 0.6) is 0 Å². The van der Waals surface area contributed by atoms with Gasteiger partial charge in [-0.1, -0.05) is 0 Å². The van der Waals surface area contributed by atoms with Crippen LogP contribution in [0.3, 0.4) is 0 Å². The molecule has 1 unspecified atom stereocenters. The number of hydrogen-bond acceptors (Lipinski definition) is 5. The minimum atomic E-state index is -0.940. The van der Waals surface area contributed by atoms with Crippen molar-refractivity contribution in [2.45, 2.75) is 26.5 Å².